The fourth-order valence-corrected chi connectivity index (χ4v) is 4.60. The first-order chi connectivity index (χ1) is 16.6. The summed E-state index contributed by atoms with van der Waals surface area (Å²) in [5.41, 5.74) is 2.16. The number of aromatic nitrogens is 7. The summed E-state index contributed by atoms with van der Waals surface area (Å²) in [5, 5.41) is 15.5. The van der Waals surface area contributed by atoms with Crippen LogP contribution in [0.5, 0.6) is 0 Å². The smallest absolute Gasteiger partial charge is 0.265 e. The van der Waals surface area contributed by atoms with E-state index in [1.807, 2.05) is 21.6 Å². The predicted molar refractivity (Wildman–Crippen MR) is 126 cm³/mol. The summed E-state index contributed by atoms with van der Waals surface area (Å²) in [7, 11) is 0. The second-order valence-electron chi connectivity index (χ2n) is 8.56. The van der Waals surface area contributed by atoms with Gasteiger partial charge in [0.05, 0.1) is 16.7 Å². The molecule has 2 aromatic rings. The summed E-state index contributed by atoms with van der Waals surface area (Å²) < 4.78 is 19.1. The normalized spacial score (nSPS) is 17.2. The standard InChI is InChI=1S/C25H22FN7O/c1-16-20(11-13-27-24(16)26)33-25(34)23-22(30-33)19-5-2-3-6-21(19)32(29-23)15-17-7-9-18(10-8-17)31-14-4-12-28-31/h4-7,9-14,17H,2-3,8,15H2,1H3. The Balaban J connectivity index is 1.43. The van der Waals surface area contributed by atoms with E-state index >= 15 is 0 Å². The molecule has 9 heteroatoms. The minimum absolute atomic E-state index is 0.232. The molecule has 2 aromatic heterocycles. The molecule has 8 nitrogen and oxygen atoms in total. The summed E-state index contributed by atoms with van der Waals surface area (Å²) in [4.78, 5) is 17.0. The van der Waals surface area contributed by atoms with E-state index in [0.29, 0.717) is 17.9 Å². The third kappa shape index (κ3) is 3.32. The molecular weight excluding hydrogens is 433 g/mol. The average Bonchev–Trinajstić information content (AvgIpc) is 3.51. The van der Waals surface area contributed by atoms with E-state index < -0.39 is 5.95 Å². The van der Waals surface area contributed by atoms with Crippen molar-refractivity contribution in [1.29, 1.82) is 0 Å². The van der Waals surface area contributed by atoms with Crippen LogP contribution in [-0.4, -0.2) is 34.3 Å². The van der Waals surface area contributed by atoms with Crippen molar-refractivity contribution in [2.75, 3.05) is 0 Å². The first-order valence-corrected chi connectivity index (χ1v) is 11.3. The molecule has 2 aliphatic carbocycles. The molecule has 34 heavy (non-hydrogen) atoms. The SMILES string of the molecule is Cc1c(-n2nc3c4c(n(CC5C=CC(n6cccn6)=CC5)nc-3c2=O)=CCCC=4)ccnc1F. The van der Waals surface area contributed by atoms with Gasteiger partial charge in [-0.3, -0.25) is 9.48 Å². The zero-order chi connectivity index (χ0) is 23.2. The first kappa shape index (κ1) is 20.5. The van der Waals surface area contributed by atoms with Gasteiger partial charge in [0.15, 0.2) is 5.69 Å². The maximum absolute atomic E-state index is 14.1. The van der Waals surface area contributed by atoms with Crippen LogP contribution in [0.2, 0.25) is 0 Å². The predicted octanol–water partition coefficient (Wildman–Crippen LogP) is 2.04. The van der Waals surface area contributed by atoms with Gasteiger partial charge in [-0.1, -0.05) is 24.3 Å². The van der Waals surface area contributed by atoms with E-state index in [1.165, 1.54) is 10.9 Å². The van der Waals surface area contributed by atoms with Crippen LogP contribution in [0, 0.1) is 18.8 Å². The molecule has 1 unspecified atom stereocenters. The van der Waals surface area contributed by atoms with Gasteiger partial charge in [0.1, 0.15) is 5.69 Å². The monoisotopic (exact) mass is 455 g/mol. The van der Waals surface area contributed by atoms with Crippen LogP contribution >= 0.6 is 0 Å². The molecule has 0 amide bonds. The summed E-state index contributed by atoms with van der Waals surface area (Å²) in [6.07, 6.45) is 18.3. The number of hydrogen-bond acceptors (Lipinski definition) is 5. The van der Waals surface area contributed by atoms with Crippen molar-refractivity contribution < 1.29 is 4.39 Å². The number of hydrogen-bond donors (Lipinski definition) is 0. The van der Waals surface area contributed by atoms with Crippen LogP contribution in [0.1, 0.15) is 24.8 Å². The summed E-state index contributed by atoms with van der Waals surface area (Å²) in [6.45, 7) is 2.22. The molecule has 0 aromatic carbocycles. The molecule has 0 fully saturated rings. The Morgan fingerprint density at radius 3 is 2.79 bits per heavy atom. The van der Waals surface area contributed by atoms with Gasteiger partial charge in [0.2, 0.25) is 5.95 Å². The lowest BCUT2D eigenvalue weighted by atomic mass is 9.99. The Bertz CT molecular complexity index is 1610. The van der Waals surface area contributed by atoms with E-state index in [4.69, 9.17) is 5.10 Å². The molecule has 0 N–H and O–H groups in total. The maximum Gasteiger partial charge on any atom is 0.301 e. The van der Waals surface area contributed by atoms with Crippen molar-refractivity contribution in [3.05, 3.63) is 81.4 Å². The molecule has 2 aliphatic heterocycles. The third-order valence-electron chi connectivity index (χ3n) is 6.39. The number of rotatable bonds is 4. The van der Waals surface area contributed by atoms with E-state index in [-0.39, 0.29) is 22.7 Å². The van der Waals surface area contributed by atoms with Crippen LogP contribution in [0.4, 0.5) is 4.39 Å². The fourth-order valence-electron chi connectivity index (χ4n) is 4.60. The molecule has 6 rings (SSSR count). The third-order valence-corrected chi connectivity index (χ3v) is 6.39. The number of nitrogens with zero attached hydrogens (tertiary/aromatic N) is 7. The Labute approximate surface area is 194 Å². The van der Waals surface area contributed by atoms with Crippen LogP contribution in [0.25, 0.3) is 34.9 Å². The summed E-state index contributed by atoms with van der Waals surface area (Å²) >= 11 is 0. The molecule has 0 radical (unpaired) electrons. The summed E-state index contributed by atoms with van der Waals surface area (Å²) in [5.74, 6) is -0.386. The number of fused-ring (bicyclic) bond motifs is 3. The molecule has 0 spiro atoms. The lowest BCUT2D eigenvalue weighted by molar-refractivity contribution is 0.470. The largest absolute Gasteiger partial charge is 0.301 e. The minimum Gasteiger partial charge on any atom is -0.265 e. The van der Waals surface area contributed by atoms with Gasteiger partial charge in [-0.15, -0.1) is 0 Å². The Kier molecular flexibility index (Phi) is 4.83. The number of allylic oxidation sites excluding steroid dienone is 4. The number of pyridine rings is 1. The van der Waals surface area contributed by atoms with Crippen molar-refractivity contribution in [1.82, 2.24) is 34.3 Å². The highest BCUT2D eigenvalue weighted by molar-refractivity contribution is 5.60. The second-order valence-corrected chi connectivity index (χ2v) is 8.56. The molecule has 4 heterocycles. The minimum atomic E-state index is -0.618. The van der Waals surface area contributed by atoms with Gasteiger partial charge >= 0.3 is 5.56 Å². The average molecular weight is 455 g/mol. The molecule has 0 bridgehead atoms. The highest BCUT2D eigenvalue weighted by Gasteiger charge is 2.24. The van der Waals surface area contributed by atoms with E-state index in [2.05, 4.69) is 45.6 Å². The van der Waals surface area contributed by atoms with Crippen LogP contribution in [0.3, 0.4) is 0 Å². The maximum atomic E-state index is 14.1. The summed E-state index contributed by atoms with van der Waals surface area (Å²) in [6, 6.07) is 3.50. The molecule has 4 aliphatic rings. The van der Waals surface area contributed by atoms with Crippen molar-refractivity contribution in [3.63, 3.8) is 0 Å². The zero-order valence-corrected chi connectivity index (χ0v) is 18.6. The topological polar surface area (TPSA) is 83.4 Å². The van der Waals surface area contributed by atoms with Crippen molar-refractivity contribution in [2.24, 2.45) is 5.92 Å². The van der Waals surface area contributed by atoms with Crippen molar-refractivity contribution in [3.8, 4) is 17.1 Å². The molecular formula is C25H22FN7O. The van der Waals surface area contributed by atoms with Gasteiger partial charge in [-0.2, -0.15) is 24.4 Å². The van der Waals surface area contributed by atoms with E-state index in [0.717, 1.165) is 35.5 Å². The Hall–Kier alpha value is -4.14. The fraction of sp³-hybridized carbons (Fsp3) is 0.240. The second kappa shape index (κ2) is 8.02. The Morgan fingerprint density at radius 2 is 2.00 bits per heavy atom. The molecule has 170 valence electrons. The number of halogens is 1. The van der Waals surface area contributed by atoms with Crippen molar-refractivity contribution >= 4 is 17.8 Å². The lowest BCUT2D eigenvalue weighted by Crippen LogP contribution is -2.42. The van der Waals surface area contributed by atoms with Gasteiger partial charge in [0, 0.05) is 41.8 Å². The van der Waals surface area contributed by atoms with Gasteiger partial charge in [-0.25, -0.2) is 9.67 Å². The first-order valence-electron chi connectivity index (χ1n) is 11.3. The zero-order valence-electron chi connectivity index (χ0n) is 18.6. The highest BCUT2D eigenvalue weighted by atomic mass is 19.1. The van der Waals surface area contributed by atoms with Crippen LogP contribution in [0.15, 0.2) is 53.7 Å². The lowest BCUT2D eigenvalue weighted by Gasteiger charge is -2.19. The molecule has 0 saturated heterocycles. The Morgan fingerprint density at radius 1 is 1.12 bits per heavy atom. The van der Waals surface area contributed by atoms with Crippen LogP contribution < -0.4 is 16.1 Å². The van der Waals surface area contributed by atoms with Gasteiger partial charge in [-0.05, 0) is 44.4 Å². The van der Waals surface area contributed by atoms with Crippen molar-refractivity contribution in [2.45, 2.75) is 32.7 Å². The highest BCUT2D eigenvalue weighted by Crippen LogP contribution is 2.21. The van der Waals surface area contributed by atoms with E-state index in [1.54, 1.807) is 19.2 Å². The molecule has 0 saturated carbocycles. The van der Waals surface area contributed by atoms with Gasteiger partial charge < -0.3 is 0 Å². The van der Waals surface area contributed by atoms with Crippen LogP contribution in [-0.2, 0) is 6.54 Å². The van der Waals surface area contributed by atoms with Gasteiger partial charge in [0.25, 0.3) is 0 Å². The quantitative estimate of drug-likeness (QED) is 0.440. The van der Waals surface area contributed by atoms with E-state index in [9.17, 15) is 9.18 Å². The molecule has 1 atom stereocenters.